The highest BCUT2D eigenvalue weighted by Gasteiger charge is 2.34. The molecule has 6 rings (SSSR count). The van der Waals surface area contributed by atoms with Crippen LogP contribution < -0.4 is 11.2 Å². The fraction of sp³-hybridized carbons (Fsp3) is 0.259. The molecule has 4 aromatic rings. The van der Waals surface area contributed by atoms with Gasteiger partial charge < -0.3 is 10.2 Å². The van der Waals surface area contributed by atoms with Gasteiger partial charge in [0.05, 0.1) is 29.7 Å². The Labute approximate surface area is 191 Å². The van der Waals surface area contributed by atoms with Crippen LogP contribution >= 0.6 is 0 Å². The van der Waals surface area contributed by atoms with Gasteiger partial charge in [0.1, 0.15) is 5.76 Å². The molecule has 2 aromatic carbocycles. The van der Waals surface area contributed by atoms with Gasteiger partial charge in [-0.15, -0.1) is 0 Å². The molecule has 0 atom stereocenters. The summed E-state index contributed by atoms with van der Waals surface area (Å²) in [5, 5.41) is 8.75. The molecule has 33 heavy (non-hydrogen) atoms. The van der Waals surface area contributed by atoms with Crippen molar-refractivity contribution in [1.82, 2.24) is 4.98 Å². The molecule has 0 amide bonds. The number of azo groups is 1. The lowest BCUT2D eigenvalue weighted by molar-refractivity contribution is 0.253. The maximum Gasteiger partial charge on any atom is 0.201 e. The third kappa shape index (κ3) is 3.29. The number of aromatic nitrogens is 1. The van der Waals surface area contributed by atoms with Crippen molar-refractivity contribution in [2.75, 3.05) is 13.1 Å². The molecule has 3 heterocycles. The number of benzene rings is 2. The van der Waals surface area contributed by atoms with Crippen LogP contribution in [0.3, 0.4) is 0 Å². The van der Waals surface area contributed by atoms with Crippen molar-refractivity contribution in [3.8, 4) is 22.5 Å². The lowest BCUT2D eigenvalue weighted by atomic mass is 9.72. The Kier molecular flexibility index (Phi) is 4.69. The first-order valence-electron chi connectivity index (χ1n) is 11.4. The van der Waals surface area contributed by atoms with E-state index in [1.807, 2.05) is 54.6 Å². The van der Waals surface area contributed by atoms with Crippen LogP contribution in [0.15, 0.2) is 86.3 Å². The average Bonchev–Trinajstić information content (AvgIpc) is 3.38. The summed E-state index contributed by atoms with van der Waals surface area (Å²) in [6, 6.07) is 19.6. The average molecular weight is 437 g/mol. The zero-order chi connectivity index (χ0) is 22.4. The van der Waals surface area contributed by atoms with Gasteiger partial charge in [0.15, 0.2) is 5.58 Å². The first-order valence-corrected chi connectivity index (χ1v) is 11.4. The van der Waals surface area contributed by atoms with Crippen molar-refractivity contribution in [1.29, 1.82) is 0 Å². The highest BCUT2D eigenvalue weighted by molar-refractivity contribution is 5.90. The standard InChI is InChI=1S/C27H24N4O2/c28-27(12-4-13-27)20-9-7-17(8-10-20)22-24(32)21-11-14-29-23(19-15-30-31-16-19)26(21)33-25(22)18-5-2-1-3-6-18/h1-3,5-11,14,19H,4,12-13,15-16,28H2. The van der Waals surface area contributed by atoms with Gasteiger partial charge in [0.25, 0.3) is 0 Å². The molecular formula is C27H24N4O2. The number of pyridine rings is 1. The Morgan fingerprint density at radius 3 is 2.30 bits per heavy atom. The normalized spacial score (nSPS) is 17.4. The number of nitrogens with zero attached hydrogens (tertiary/aromatic N) is 3. The summed E-state index contributed by atoms with van der Waals surface area (Å²) in [6.07, 6.45) is 4.82. The van der Waals surface area contributed by atoms with Crippen molar-refractivity contribution in [3.05, 3.63) is 88.3 Å². The van der Waals surface area contributed by atoms with Gasteiger partial charge in [0.2, 0.25) is 5.43 Å². The summed E-state index contributed by atoms with van der Waals surface area (Å²) in [5.74, 6) is 0.571. The molecular weight excluding hydrogens is 412 g/mol. The van der Waals surface area contributed by atoms with E-state index >= 15 is 0 Å². The molecule has 0 unspecified atom stereocenters. The highest BCUT2D eigenvalue weighted by Crippen LogP contribution is 2.40. The highest BCUT2D eigenvalue weighted by atomic mass is 16.3. The zero-order valence-electron chi connectivity index (χ0n) is 18.2. The molecule has 1 aliphatic carbocycles. The van der Waals surface area contributed by atoms with Crippen molar-refractivity contribution in [3.63, 3.8) is 0 Å². The van der Waals surface area contributed by atoms with Crippen LogP contribution in [0.4, 0.5) is 0 Å². The summed E-state index contributed by atoms with van der Waals surface area (Å²) in [5.41, 5.74) is 10.8. The summed E-state index contributed by atoms with van der Waals surface area (Å²) in [7, 11) is 0. The van der Waals surface area contributed by atoms with Gasteiger partial charge in [-0.05, 0) is 36.5 Å². The first kappa shape index (κ1) is 20.0. The number of rotatable bonds is 4. The van der Waals surface area contributed by atoms with Crippen LogP contribution in [-0.4, -0.2) is 18.1 Å². The maximum absolute atomic E-state index is 13.9. The van der Waals surface area contributed by atoms with Gasteiger partial charge in [-0.1, -0.05) is 54.6 Å². The topological polar surface area (TPSA) is 93.8 Å². The van der Waals surface area contributed by atoms with Crippen molar-refractivity contribution in [2.45, 2.75) is 30.7 Å². The Hall–Kier alpha value is -3.64. The minimum atomic E-state index is -0.243. The van der Waals surface area contributed by atoms with E-state index in [0.29, 0.717) is 35.4 Å². The van der Waals surface area contributed by atoms with E-state index in [2.05, 4.69) is 15.2 Å². The summed E-state index contributed by atoms with van der Waals surface area (Å²) in [4.78, 5) is 18.4. The van der Waals surface area contributed by atoms with Crippen LogP contribution in [0, 0.1) is 0 Å². The number of hydrogen-bond donors (Lipinski definition) is 1. The molecule has 2 aliphatic rings. The summed E-state index contributed by atoms with van der Waals surface area (Å²) < 4.78 is 6.52. The Morgan fingerprint density at radius 2 is 1.64 bits per heavy atom. The molecule has 2 aromatic heterocycles. The van der Waals surface area contributed by atoms with Crippen molar-refractivity contribution >= 4 is 11.0 Å². The van der Waals surface area contributed by atoms with Crippen LogP contribution in [-0.2, 0) is 5.54 Å². The van der Waals surface area contributed by atoms with Crippen molar-refractivity contribution in [2.24, 2.45) is 16.0 Å². The number of nitrogens with two attached hydrogens (primary N) is 1. The molecule has 0 radical (unpaired) electrons. The molecule has 0 saturated heterocycles. The maximum atomic E-state index is 13.9. The van der Waals surface area contributed by atoms with E-state index in [4.69, 9.17) is 10.2 Å². The van der Waals surface area contributed by atoms with Crippen LogP contribution in [0.5, 0.6) is 0 Å². The molecule has 0 spiro atoms. The largest absolute Gasteiger partial charge is 0.453 e. The second-order valence-electron chi connectivity index (χ2n) is 9.01. The zero-order valence-corrected chi connectivity index (χ0v) is 18.2. The second-order valence-corrected chi connectivity index (χ2v) is 9.01. The minimum absolute atomic E-state index is 0.0221. The quantitative estimate of drug-likeness (QED) is 0.463. The van der Waals surface area contributed by atoms with Crippen LogP contribution in [0.25, 0.3) is 33.4 Å². The Balaban J connectivity index is 1.58. The number of fused-ring (bicyclic) bond motifs is 1. The molecule has 2 N–H and O–H groups in total. The van der Waals surface area contributed by atoms with E-state index in [0.717, 1.165) is 41.6 Å². The SMILES string of the molecule is NC1(c2ccc(-c3c(-c4ccccc4)oc4c(C5CN=NC5)nccc4c3=O)cc2)CCC1. The third-order valence-corrected chi connectivity index (χ3v) is 6.96. The van der Waals surface area contributed by atoms with Gasteiger partial charge in [0, 0.05) is 23.2 Å². The molecule has 1 saturated carbocycles. The third-order valence-electron chi connectivity index (χ3n) is 6.96. The first-order chi connectivity index (χ1) is 16.1. The van der Waals surface area contributed by atoms with Gasteiger partial charge in [-0.3, -0.25) is 9.78 Å². The summed E-state index contributed by atoms with van der Waals surface area (Å²) in [6.45, 7) is 1.11. The van der Waals surface area contributed by atoms with Gasteiger partial charge in [-0.2, -0.15) is 10.2 Å². The second kappa shape index (κ2) is 7.74. The monoisotopic (exact) mass is 436 g/mol. The van der Waals surface area contributed by atoms with E-state index in [-0.39, 0.29) is 16.9 Å². The molecule has 1 aliphatic heterocycles. The fourth-order valence-electron chi connectivity index (χ4n) is 4.85. The molecule has 164 valence electrons. The van der Waals surface area contributed by atoms with Gasteiger partial charge in [-0.25, -0.2) is 0 Å². The summed E-state index contributed by atoms with van der Waals surface area (Å²) >= 11 is 0. The lowest BCUT2D eigenvalue weighted by Gasteiger charge is -2.38. The van der Waals surface area contributed by atoms with Crippen LogP contribution in [0.2, 0.25) is 0 Å². The van der Waals surface area contributed by atoms with Crippen LogP contribution in [0.1, 0.15) is 36.4 Å². The number of hydrogen-bond acceptors (Lipinski definition) is 6. The van der Waals surface area contributed by atoms with E-state index < -0.39 is 0 Å². The Bertz CT molecular complexity index is 1410. The molecule has 6 nitrogen and oxygen atoms in total. The smallest absolute Gasteiger partial charge is 0.201 e. The predicted molar refractivity (Wildman–Crippen MR) is 128 cm³/mol. The minimum Gasteiger partial charge on any atom is -0.453 e. The molecule has 0 bridgehead atoms. The predicted octanol–water partition coefficient (Wildman–Crippen LogP) is 5.41. The van der Waals surface area contributed by atoms with Crippen molar-refractivity contribution < 1.29 is 4.42 Å². The van der Waals surface area contributed by atoms with Gasteiger partial charge >= 0.3 is 0 Å². The molecule has 6 heteroatoms. The fourth-order valence-corrected chi connectivity index (χ4v) is 4.85. The van der Waals surface area contributed by atoms with E-state index in [1.54, 1.807) is 12.3 Å². The van der Waals surface area contributed by atoms with E-state index in [9.17, 15) is 4.79 Å². The Morgan fingerprint density at radius 1 is 0.909 bits per heavy atom. The lowest BCUT2D eigenvalue weighted by Crippen LogP contribution is -2.43. The van der Waals surface area contributed by atoms with E-state index in [1.165, 1.54) is 0 Å². The molecule has 1 fully saturated rings.